The first-order chi connectivity index (χ1) is 14.0. The standard InChI is InChI=1S/C22H20ClNO4S/c1-3-27-20(22(25)26)11-16-6-9-19(10-14(16)2)28-12-18-13-29-21(24-18)15-4-7-17(23)8-5-15/h4-11,13H,3,12H2,1-2H3,(H,25,26)/b20-11+. The molecule has 5 nitrogen and oxygen atoms in total. The predicted octanol–water partition coefficient (Wildman–Crippen LogP) is 5.81. The van der Waals surface area contributed by atoms with Crippen molar-refractivity contribution in [2.75, 3.05) is 6.61 Å². The monoisotopic (exact) mass is 429 g/mol. The molecule has 0 saturated carbocycles. The number of halogens is 1. The Labute approximate surface area is 178 Å². The molecule has 1 heterocycles. The first-order valence-electron chi connectivity index (χ1n) is 8.98. The summed E-state index contributed by atoms with van der Waals surface area (Å²) in [7, 11) is 0. The van der Waals surface area contributed by atoms with Crippen molar-refractivity contribution in [2.24, 2.45) is 0 Å². The predicted molar refractivity (Wildman–Crippen MR) is 115 cm³/mol. The molecule has 3 aromatic rings. The lowest BCUT2D eigenvalue weighted by atomic mass is 10.1. The van der Waals surface area contributed by atoms with Crippen molar-refractivity contribution in [1.29, 1.82) is 0 Å². The van der Waals surface area contributed by atoms with E-state index in [0.717, 1.165) is 27.4 Å². The number of benzene rings is 2. The van der Waals surface area contributed by atoms with E-state index in [1.807, 2.05) is 48.7 Å². The van der Waals surface area contributed by atoms with Crippen LogP contribution >= 0.6 is 22.9 Å². The highest BCUT2D eigenvalue weighted by molar-refractivity contribution is 7.13. The second kappa shape index (κ2) is 9.58. The van der Waals surface area contributed by atoms with Crippen LogP contribution in [0.4, 0.5) is 0 Å². The fourth-order valence-corrected chi connectivity index (χ4v) is 3.55. The van der Waals surface area contributed by atoms with E-state index in [0.29, 0.717) is 24.0 Å². The summed E-state index contributed by atoms with van der Waals surface area (Å²) in [5, 5.41) is 12.8. The van der Waals surface area contributed by atoms with Crippen LogP contribution in [0, 0.1) is 6.92 Å². The Morgan fingerprint density at radius 2 is 2.00 bits per heavy atom. The van der Waals surface area contributed by atoms with Gasteiger partial charge in [-0.2, -0.15) is 0 Å². The van der Waals surface area contributed by atoms with Gasteiger partial charge >= 0.3 is 5.97 Å². The minimum atomic E-state index is -1.09. The number of nitrogens with zero attached hydrogens (tertiary/aromatic N) is 1. The summed E-state index contributed by atoms with van der Waals surface area (Å²) in [6.45, 7) is 4.28. The zero-order valence-corrected chi connectivity index (χ0v) is 17.6. The lowest BCUT2D eigenvalue weighted by Crippen LogP contribution is -2.04. The smallest absolute Gasteiger partial charge is 0.371 e. The van der Waals surface area contributed by atoms with E-state index in [1.165, 1.54) is 6.08 Å². The summed E-state index contributed by atoms with van der Waals surface area (Å²) in [4.78, 5) is 15.8. The van der Waals surface area contributed by atoms with E-state index in [2.05, 4.69) is 4.98 Å². The Morgan fingerprint density at radius 3 is 2.66 bits per heavy atom. The molecular formula is C22H20ClNO4S. The van der Waals surface area contributed by atoms with Crippen LogP contribution in [0.1, 0.15) is 23.7 Å². The molecule has 0 bridgehead atoms. The van der Waals surface area contributed by atoms with Crippen LogP contribution < -0.4 is 4.74 Å². The minimum absolute atomic E-state index is 0.0820. The molecule has 1 N–H and O–H groups in total. The second-order valence-electron chi connectivity index (χ2n) is 6.20. The van der Waals surface area contributed by atoms with Crippen molar-refractivity contribution in [3.8, 4) is 16.3 Å². The molecule has 0 spiro atoms. The van der Waals surface area contributed by atoms with Gasteiger partial charge in [-0.15, -0.1) is 11.3 Å². The van der Waals surface area contributed by atoms with Crippen LogP contribution in [0.5, 0.6) is 5.75 Å². The molecule has 0 aliphatic rings. The van der Waals surface area contributed by atoms with Gasteiger partial charge in [0.1, 0.15) is 17.4 Å². The largest absolute Gasteiger partial charge is 0.487 e. The third kappa shape index (κ3) is 5.59. The molecule has 150 valence electrons. The normalized spacial score (nSPS) is 11.3. The first-order valence-corrected chi connectivity index (χ1v) is 10.2. The molecule has 0 unspecified atom stereocenters. The Morgan fingerprint density at radius 1 is 1.24 bits per heavy atom. The molecule has 0 radical (unpaired) electrons. The number of aromatic nitrogens is 1. The fourth-order valence-electron chi connectivity index (χ4n) is 2.62. The van der Waals surface area contributed by atoms with Crippen LogP contribution in [-0.4, -0.2) is 22.7 Å². The van der Waals surface area contributed by atoms with Crippen molar-refractivity contribution in [1.82, 2.24) is 4.98 Å². The summed E-state index contributed by atoms with van der Waals surface area (Å²) < 4.78 is 11.0. The van der Waals surface area contributed by atoms with Gasteiger partial charge in [0, 0.05) is 16.0 Å². The van der Waals surface area contributed by atoms with Gasteiger partial charge in [0.05, 0.1) is 12.3 Å². The summed E-state index contributed by atoms with van der Waals surface area (Å²) in [6.07, 6.45) is 1.52. The molecule has 0 aliphatic carbocycles. The highest BCUT2D eigenvalue weighted by Crippen LogP contribution is 2.26. The number of aryl methyl sites for hydroxylation is 1. The number of rotatable bonds is 8. The Bertz CT molecular complexity index is 1030. The van der Waals surface area contributed by atoms with Gasteiger partial charge in [-0.1, -0.05) is 29.8 Å². The van der Waals surface area contributed by atoms with Crippen LogP contribution in [0.3, 0.4) is 0 Å². The molecule has 0 aliphatic heterocycles. The third-order valence-corrected chi connectivity index (χ3v) is 5.26. The van der Waals surface area contributed by atoms with Gasteiger partial charge in [-0.05, 0) is 55.3 Å². The molecule has 0 saturated heterocycles. The Balaban J connectivity index is 1.67. The SMILES string of the molecule is CCO/C(=C/c1ccc(OCc2csc(-c3ccc(Cl)cc3)n2)cc1C)C(=O)O. The highest BCUT2D eigenvalue weighted by atomic mass is 35.5. The van der Waals surface area contributed by atoms with Crippen molar-refractivity contribution in [3.63, 3.8) is 0 Å². The molecule has 0 amide bonds. The first kappa shape index (κ1) is 20.9. The van der Waals surface area contributed by atoms with E-state index in [-0.39, 0.29) is 5.76 Å². The topological polar surface area (TPSA) is 68.7 Å². The molecule has 29 heavy (non-hydrogen) atoms. The van der Waals surface area contributed by atoms with Crippen molar-refractivity contribution < 1.29 is 19.4 Å². The van der Waals surface area contributed by atoms with Crippen LogP contribution in [-0.2, 0) is 16.1 Å². The summed E-state index contributed by atoms with van der Waals surface area (Å²) in [5.41, 5.74) is 3.51. The van der Waals surface area contributed by atoms with Crippen LogP contribution in [0.2, 0.25) is 5.02 Å². The lowest BCUT2D eigenvalue weighted by molar-refractivity contribution is -0.136. The van der Waals surface area contributed by atoms with Crippen molar-refractivity contribution in [3.05, 3.63) is 75.4 Å². The van der Waals surface area contributed by atoms with Gasteiger partial charge in [-0.3, -0.25) is 0 Å². The maximum Gasteiger partial charge on any atom is 0.371 e. The molecule has 3 rings (SSSR count). The number of aliphatic carboxylic acids is 1. The zero-order valence-electron chi connectivity index (χ0n) is 16.0. The highest BCUT2D eigenvalue weighted by Gasteiger charge is 2.10. The number of carboxylic acids is 1. The van der Waals surface area contributed by atoms with Crippen LogP contribution in [0.25, 0.3) is 16.6 Å². The number of carboxylic acid groups (broad SMARTS) is 1. The maximum absolute atomic E-state index is 11.2. The van der Waals surface area contributed by atoms with Gasteiger partial charge < -0.3 is 14.6 Å². The molecule has 1 aromatic heterocycles. The third-order valence-electron chi connectivity index (χ3n) is 4.07. The average molecular weight is 430 g/mol. The van der Waals surface area contributed by atoms with Gasteiger partial charge in [-0.25, -0.2) is 9.78 Å². The Hall–Kier alpha value is -2.83. The molecule has 0 fully saturated rings. The fraction of sp³-hybridized carbons (Fsp3) is 0.182. The molecule has 7 heteroatoms. The summed E-state index contributed by atoms with van der Waals surface area (Å²) >= 11 is 7.48. The molecule has 2 aromatic carbocycles. The van der Waals surface area contributed by atoms with Crippen molar-refractivity contribution >= 4 is 35.0 Å². The second-order valence-corrected chi connectivity index (χ2v) is 7.50. The van der Waals surface area contributed by atoms with E-state index in [4.69, 9.17) is 21.1 Å². The van der Waals surface area contributed by atoms with Gasteiger partial charge in [0.15, 0.2) is 0 Å². The van der Waals surface area contributed by atoms with E-state index < -0.39 is 5.97 Å². The number of carbonyl (C=O) groups is 1. The molecule has 0 atom stereocenters. The Kier molecular flexibility index (Phi) is 6.90. The minimum Gasteiger partial charge on any atom is -0.487 e. The quantitative estimate of drug-likeness (QED) is 0.361. The van der Waals surface area contributed by atoms with Crippen molar-refractivity contribution in [2.45, 2.75) is 20.5 Å². The zero-order chi connectivity index (χ0) is 20.8. The van der Waals surface area contributed by atoms with E-state index in [9.17, 15) is 9.90 Å². The number of hydrogen-bond donors (Lipinski definition) is 1. The van der Waals surface area contributed by atoms with Gasteiger partial charge in [0.2, 0.25) is 5.76 Å². The van der Waals surface area contributed by atoms with E-state index in [1.54, 1.807) is 24.3 Å². The van der Waals surface area contributed by atoms with E-state index >= 15 is 0 Å². The summed E-state index contributed by atoms with van der Waals surface area (Å²) in [5.74, 6) is -0.484. The maximum atomic E-state index is 11.2. The average Bonchev–Trinajstić information content (AvgIpc) is 3.17. The number of hydrogen-bond acceptors (Lipinski definition) is 5. The lowest BCUT2D eigenvalue weighted by Gasteiger charge is -2.09. The number of thiazole rings is 1. The molecular weight excluding hydrogens is 410 g/mol. The van der Waals surface area contributed by atoms with Gasteiger partial charge in [0.25, 0.3) is 0 Å². The van der Waals surface area contributed by atoms with Crippen LogP contribution in [0.15, 0.2) is 53.6 Å². The number of ether oxygens (including phenoxy) is 2. The summed E-state index contributed by atoms with van der Waals surface area (Å²) in [6, 6.07) is 13.0.